The number of hydrogen-bond acceptors (Lipinski definition) is 2. The van der Waals surface area contributed by atoms with Gasteiger partial charge in [-0.3, -0.25) is 0 Å². The van der Waals surface area contributed by atoms with E-state index in [0.717, 1.165) is 18.9 Å². The van der Waals surface area contributed by atoms with E-state index in [1.165, 1.54) is 16.7 Å². The third-order valence-corrected chi connectivity index (χ3v) is 3.47. The molecule has 99 valence electrons. The maximum Gasteiger partial charge on any atom is 0.0992 e. The van der Waals surface area contributed by atoms with E-state index < -0.39 is 0 Å². The lowest BCUT2D eigenvalue weighted by Crippen LogP contribution is -2.29. The fraction of sp³-hybridized carbons (Fsp3) is 0.111. The van der Waals surface area contributed by atoms with Crippen LogP contribution < -0.4 is 5.73 Å². The van der Waals surface area contributed by atoms with E-state index in [4.69, 9.17) is 5.73 Å². The Morgan fingerprint density at radius 3 is 2.40 bits per heavy atom. The monoisotopic (exact) mass is 261 g/mol. The van der Waals surface area contributed by atoms with Gasteiger partial charge in [0.1, 0.15) is 0 Å². The zero-order valence-electron chi connectivity index (χ0n) is 11.3. The van der Waals surface area contributed by atoms with Crippen molar-refractivity contribution in [3.05, 3.63) is 84.2 Å². The summed E-state index contributed by atoms with van der Waals surface area (Å²) in [5.74, 6) is 0.829. The van der Waals surface area contributed by atoms with Gasteiger partial charge in [-0.2, -0.15) is 0 Å². The Morgan fingerprint density at radius 2 is 1.70 bits per heavy atom. The van der Waals surface area contributed by atoms with Gasteiger partial charge in [-0.15, -0.1) is 0 Å². The molecule has 0 amide bonds. The predicted octanol–water partition coefficient (Wildman–Crippen LogP) is 3.33. The predicted molar refractivity (Wildman–Crippen MR) is 82.5 cm³/mol. The second-order valence-corrected chi connectivity index (χ2v) is 4.89. The van der Waals surface area contributed by atoms with Crippen LogP contribution in [0.5, 0.6) is 0 Å². The Labute approximate surface area is 119 Å². The highest BCUT2D eigenvalue weighted by Gasteiger charge is 2.08. The first-order chi connectivity index (χ1) is 9.83. The van der Waals surface area contributed by atoms with E-state index in [0.29, 0.717) is 0 Å². The van der Waals surface area contributed by atoms with Gasteiger partial charge in [0.2, 0.25) is 0 Å². The number of rotatable bonds is 3. The molecule has 0 fully saturated rings. The fourth-order valence-corrected chi connectivity index (χ4v) is 2.32. The van der Waals surface area contributed by atoms with Crippen molar-refractivity contribution in [2.45, 2.75) is 6.54 Å². The van der Waals surface area contributed by atoms with Crippen molar-refractivity contribution in [1.82, 2.24) is 4.90 Å². The number of nitrogens with zero attached hydrogens (tertiary/aromatic N) is 1. The van der Waals surface area contributed by atoms with Crippen LogP contribution in [-0.4, -0.2) is 11.4 Å². The molecular weight excluding hydrogens is 244 g/mol. The van der Waals surface area contributed by atoms with Crippen molar-refractivity contribution in [2.75, 3.05) is 6.54 Å². The van der Waals surface area contributed by atoms with E-state index in [-0.39, 0.29) is 0 Å². The van der Waals surface area contributed by atoms with Crippen molar-refractivity contribution in [2.24, 2.45) is 5.73 Å². The third-order valence-electron chi connectivity index (χ3n) is 3.47. The standard InChI is InChI=1S/C18H17N2/c19-18-8-4-5-13-20(18)14-15-9-11-17(12-10-15)16-6-2-1-3-7-16/h2-12H,13-14,19H2. The summed E-state index contributed by atoms with van der Waals surface area (Å²) < 4.78 is 0. The van der Waals surface area contributed by atoms with Crippen molar-refractivity contribution in [3.63, 3.8) is 0 Å². The second kappa shape index (κ2) is 5.66. The number of hydrogen-bond donors (Lipinski definition) is 1. The highest BCUT2D eigenvalue weighted by molar-refractivity contribution is 5.63. The van der Waals surface area contributed by atoms with Crippen molar-refractivity contribution < 1.29 is 0 Å². The molecule has 20 heavy (non-hydrogen) atoms. The van der Waals surface area contributed by atoms with Crippen LogP contribution in [0.1, 0.15) is 5.56 Å². The zero-order valence-corrected chi connectivity index (χ0v) is 11.3. The zero-order chi connectivity index (χ0) is 13.8. The summed E-state index contributed by atoms with van der Waals surface area (Å²) in [4.78, 5) is 2.16. The summed E-state index contributed by atoms with van der Waals surface area (Å²) in [5, 5.41) is 0. The third kappa shape index (κ3) is 2.75. The molecule has 0 saturated heterocycles. The molecule has 0 aromatic heterocycles. The summed E-state index contributed by atoms with van der Waals surface area (Å²) in [6.07, 6.45) is 6.06. The summed E-state index contributed by atoms with van der Waals surface area (Å²) in [6, 6.07) is 19.7. The summed E-state index contributed by atoms with van der Waals surface area (Å²) in [7, 11) is 0. The van der Waals surface area contributed by atoms with Gasteiger partial charge >= 0.3 is 0 Å². The molecule has 3 rings (SSSR count). The smallest absolute Gasteiger partial charge is 0.0992 e. The lowest BCUT2D eigenvalue weighted by Gasteiger charge is -2.25. The highest BCUT2D eigenvalue weighted by Crippen LogP contribution is 2.20. The highest BCUT2D eigenvalue weighted by atomic mass is 15.2. The van der Waals surface area contributed by atoms with Gasteiger partial charge in [0.25, 0.3) is 0 Å². The van der Waals surface area contributed by atoms with E-state index in [2.05, 4.69) is 53.4 Å². The minimum absolute atomic E-state index is 0.829. The second-order valence-electron chi connectivity index (χ2n) is 4.89. The summed E-state index contributed by atoms with van der Waals surface area (Å²) in [6.45, 7) is 1.72. The molecule has 0 aliphatic carbocycles. The Morgan fingerprint density at radius 1 is 1.00 bits per heavy atom. The van der Waals surface area contributed by atoms with Gasteiger partial charge in [0.15, 0.2) is 0 Å². The summed E-state index contributed by atoms with van der Waals surface area (Å²) >= 11 is 0. The normalized spacial score (nSPS) is 14.2. The molecule has 1 heterocycles. The first kappa shape index (κ1) is 12.5. The van der Waals surface area contributed by atoms with Crippen LogP contribution in [0.15, 0.2) is 72.6 Å². The minimum atomic E-state index is 0.829. The quantitative estimate of drug-likeness (QED) is 0.918. The molecule has 0 spiro atoms. The van der Waals surface area contributed by atoms with Crippen molar-refractivity contribution in [3.8, 4) is 11.1 Å². The average Bonchev–Trinajstić information content (AvgIpc) is 2.51. The molecule has 2 N–H and O–H groups in total. The van der Waals surface area contributed by atoms with Crippen LogP contribution in [0.2, 0.25) is 0 Å². The Balaban J connectivity index is 1.74. The molecule has 0 bridgehead atoms. The topological polar surface area (TPSA) is 29.3 Å². The average molecular weight is 261 g/mol. The number of allylic oxidation sites excluding steroid dienone is 2. The molecule has 1 aliphatic rings. The molecular formula is C18H17N2. The van der Waals surface area contributed by atoms with Gasteiger partial charge in [0.05, 0.1) is 5.82 Å². The Hall–Kier alpha value is -2.48. The molecule has 2 aromatic rings. The van der Waals surface area contributed by atoms with E-state index in [1.54, 1.807) is 0 Å². The first-order valence-electron chi connectivity index (χ1n) is 6.75. The Bertz CT molecular complexity index is 624. The molecule has 2 aromatic carbocycles. The van der Waals surface area contributed by atoms with Gasteiger partial charge in [0, 0.05) is 13.1 Å². The fourth-order valence-electron chi connectivity index (χ4n) is 2.32. The van der Waals surface area contributed by atoms with Gasteiger partial charge in [-0.05, 0) is 28.8 Å². The van der Waals surface area contributed by atoms with Crippen LogP contribution in [-0.2, 0) is 6.54 Å². The molecule has 2 heteroatoms. The largest absolute Gasteiger partial charge is 0.385 e. The van der Waals surface area contributed by atoms with Crippen LogP contribution in [0.25, 0.3) is 11.1 Å². The van der Waals surface area contributed by atoms with Crippen LogP contribution >= 0.6 is 0 Å². The van der Waals surface area contributed by atoms with E-state index in [1.807, 2.05) is 24.3 Å². The Kier molecular flexibility index (Phi) is 3.55. The van der Waals surface area contributed by atoms with Crippen molar-refractivity contribution in [1.29, 1.82) is 0 Å². The lowest BCUT2D eigenvalue weighted by molar-refractivity contribution is 0.364. The van der Waals surface area contributed by atoms with Gasteiger partial charge in [-0.1, -0.05) is 60.7 Å². The molecule has 0 unspecified atom stereocenters. The SMILES string of the molecule is NC1=CC=CCN1Cc1ccc(-c2cc[c]cc2)cc1. The van der Waals surface area contributed by atoms with E-state index in [9.17, 15) is 0 Å². The van der Waals surface area contributed by atoms with Crippen molar-refractivity contribution >= 4 is 0 Å². The van der Waals surface area contributed by atoms with Gasteiger partial charge < -0.3 is 10.6 Å². The maximum absolute atomic E-state index is 5.98. The number of benzene rings is 2. The van der Waals surface area contributed by atoms with E-state index >= 15 is 0 Å². The molecule has 2 nitrogen and oxygen atoms in total. The van der Waals surface area contributed by atoms with Crippen LogP contribution in [0.3, 0.4) is 0 Å². The number of nitrogens with two attached hydrogens (primary N) is 1. The maximum atomic E-state index is 5.98. The minimum Gasteiger partial charge on any atom is -0.385 e. The molecule has 1 radical (unpaired) electrons. The molecule has 0 atom stereocenters. The molecule has 1 aliphatic heterocycles. The molecule has 0 saturated carbocycles. The van der Waals surface area contributed by atoms with Crippen LogP contribution in [0, 0.1) is 6.07 Å². The van der Waals surface area contributed by atoms with Gasteiger partial charge in [-0.25, -0.2) is 0 Å². The first-order valence-corrected chi connectivity index (χ1v) is 6.75. The van der Waals surface area contributed by atoms with Crippen LogP contribution in [0.4, 0.5) is 0 Å². The lowest BCUT2D eigenvalue weighted by atomic mass is 10.0. The summed E-state index contributed by atoms with van der Waals surface area (Å²) in [5.41, 5.74) is 9.69.